The first-order valence-corrected chi connectivity index (χ1v) is 5.05. The van der Waals surface area contributed by atoms with Crippen molar-refractivity contribution in [3.8, 4) is 22.7 Å². The van der Waals surface area contributed by atoms with E-state index in [1.54, 1.807) is 36.6 Å². The molecule has 0 radical (unpaired) electrons. The fraction of sp³-hybridized carbons (Fsp3) is 0. The molecule has 0 fully saturated rings. The van der Waals surface area contributed by atoms with E-state index >= 15 is 0 Å². The van der Waals surface area contributed by atoms with Gasteiger partial charge >= 0.3 is 0 Å². The van der Waals surface area contributed by atoms with Crippen LogP contribution in [0.1, 0.15) is 0 Å². The van der Waals surface area contributed by atoms with E-state index in [1.165, 1.54) is 6.20 Å². The molecule has 0 aromatic carbocycles. The van der Waals surface area contributed by atoms with Crippen LogP contribution in [0.2, 0.25) is 0 Å². The van der Waals surface area contributed by atoms with Crippen LogP contribution >= 0.6 is 0 Å². The van der Waals surface area contributed by atoms with Crippen molar-refractivity contribution in [3.63, 3.8) is 0 Å². The highest BCUT2D eigenvalue weighted by atomic mass is 19.1. The lowest BCUT2D eigenvalue weighted by molar-refractivity contribution is 0.580. The Balaban J connectivity index is 2.04. The zero-order valence-corrected chi connectivity index (χ0v) is 8.72. The van der Waals surface area contributed by atoms with Crippen molar-refractivity contribution in [1.82, 2.24) is 15.2 Å². The summed E-state index contributed by atoms with van der Waals surface area (Å²) in [5, 5.41) is 6.83. The summed E-state index contributed by atoms with van der Waals surface area (Å²) in [6.07, 6.45) is 2.97. The van der Waals surface area contributed by atoms with Crippen LogP contribution in [0.5, 0.6) is 0 Å². The topological polar surface area (TPSA) is 54.7 Å². The summed E-state index contributed by atoms with van der Waals surface area (Å²) in [7, 11) is 0. The summed E-state index contributed by atoms with van der Waals surface area (Å²) < 4.78 is 18.7. The van der Waals surface area contributed by atoms with Gasteiger partial charge in [0.2, 0.25) is 5.95 Å². The van der Waals surface area contributed by atoms with Crippen molar-refractivity contribution in [2.75, 3.05) is 0 Å². The lowest BCUT2D eigenvalue weighted by atomic mass is 10.2. The first kappa shape index (κ1) is 9.77. The minimum absolute atomic E-state index is 0.363. The van der Waals surface area contributed by atoms with E-state index < -0.39 is 5.95 Å². The van der Waals surface area contributed by atoms with E-state index in [1.807, 2.05) is 0 Å². The number of H-pyrrole nitrogens is 1. The summed E-state index contributed by atoms with van der Waals surface area (Å²) in [5.74, 6) is 0.123. The van der Waals surface area contributed by atoms with Crippen LogP contribution in [0.3, 0.4) is 0 Å². The molecule has 0 saturated heterocycles. The van der Waals surface area contributed by atoms with Crippen molar-refractivity contribution >= 4 is 0 Å². The van der Waals surface area contributed by atoms with Crippen LogP contribution in [-0.2, 0) is 0 Å². The monoisotopic (exact) mass is 229 g/mol. The molecule has 0 aliphatic rings. The van der Waals surface area contributed by atoms with Crippen LogP contribution < -0.4 is 0 Å². The molecule has 0 saturated carbocycles. The van der Waals surface area contributed by atoms with E-state index in [0.29, 0.717) is 22.7 Å². The standard InChI is InChI=1S/C12H8FN3O/c13-12-8(3-1-5-14-12)9-7-10(16-15-9)11-4-2-6-17-11/h1-7H,(H,15,16). The summed E-state index contributed by atoms with van der Waals surface area (Å²) in [5.41, 5.74) is 1.57. The van der Waals surface area contributed by atoms with Crippen LogP contribution in [0, 0.1) is 5.95 Å². The summed E-state index contributed by atoms with van der Waals surface area (Å²) in [6, 6.07) is 8.60. The Labute approximate surface area is 96.1 Å². The molecule has 0 bridgehead atoms. The smallest absolute Gasteiger partial charge is 0.222 e. The van der Waals surface area contributed by atoms with Gasteiger partial charge in [-0.05, 0) is 30.3 Å². The molecule has 3 rings (SSSR count). The molecule has 4 nitrogen and oxygen atoms in total. The number of rotatable bonds is 2. The molecule has 5 heteroatoms. The maximum absolute atomic E-state index is 13.4. The molecule has 0 aliphatic carbocycles. The minimum Gasteiger partial charge on any atom is -0.463 e. The molecule has 0 aliphatic heterocycles. The molecule has 3 heterocycles. The zero-order valence-electron chi connectivity index (χ0n) is 8.72. The largest absolute Gasteiger partial charge is 0.463 e. The lowest BCUT2D eigenvalue weighted by Gasteiger charge is -1.95. The highest BCUT2D eigenvalue weighted by molar-refractivity contribution is 5.65. The van der Waals surface area contributed by atoms with E-state index in [0.717, 1.165) is 0 Å². The average molecular weight is 229 g/mol. The third-order valence-corrected chi connectivity index (χ3v) is 2.40. The number of pyridine rings is 1. The normalized spacial score (nSPS) is 10.6. The Morgan fingerprint density at radius 2 is 2.18 bits per heavy atom. The molecule has 0 amide bonds. The molecular weight excluding hydrogens is 221 g/mol. The second kappa shape index (κ2) is 3.86. The average Bonchev–Trinajstić information content (AvgIpc) is 3.00. The van der Waals surface area contributed by atoms with Gasteiger partial charge in [0.1, 0.15) is 5.69 Å². The second-order valence-corrected chi connectivity index (χ2v) is 3.49. The zero-order chi connectivity index (χ0) is 11.7. The molecule has 0 unspecified atom stereocenters. The summed E-state index contributed by atoms with van der Waals surface area (Å²) >= 11 is 0. The number of furan rings is 1. The van der Waals surface area contributed by atoms with Gasteiger partial charge in [-0.3, -0.25) is 5.10 Å². The second-order valence-electron chi connectivity index (χ2n) is 3.49. The van der Waals surface area contributed by atoms with Crippen LogP contribution in [-0.4, -0.2) is 15.2 Å². The van der Waals surface area contributed by atoms with E-state index in [9.17, 15) is 4.39 Å². The van der Waals surface area contributed by atoms with Crippen LogP contribution in [0.25, 0.3) is 22.7 Å². The summed E-state index contributed by atoms with van der Waals surface area (Å²) in [4.78, 5) is 3.58. The minimum atomic E-state index is -0.537. The number of aromatic nitrogens is 3. The summed E-state index contributed by atoms with van der Waals surface area (Å²) in [6.45, 7) is 0. The number of nitrogens with one attached hydrogen (secondary N) is 1. The number of hydrogen-bond acceptors (Lipinski definition) is 3. The van der Waals surface area contributed by atoms with Crippen molar-refractivity contribution in [1.29, 1.82) is 0 Å². The fourth-order valence-corrected chi connectivity index (χ4v) is 1.59. The molecule has 1 N–H and O–H groups in total. The third-order valence-electron chi connectivity index (χ3n) is 2.40. The number of aromatic amines is 1. The SMILES string of the molecule is Fc1ncccc1-c1cc(-c2ccco2)[nH]n1. The van der Waals surface area contributed by atoms with Gasteiger partial charge in [-0.1, -0.05) is 0 Å². The van der Waals surface area contributed by atoms with Gasteiger partial charge in [0.15, 0.2) is 5.76 Å². The predicted molar refractivity (Wildman–Crippen MR) is 59.5 cm³/mol. The Morgan fingerprint density at radius 1 is 1.24 bits per heavy atom. The van der Waals surface area contributed by atoms with E-state index in [-0.39, 0.29) is 0 Å². The Hall–Kier alpha value is -2.43. The first-order valence-electron chi connectivity index (χ1n) is 5.05. The molecular formula is C12H8FN3O. The Kier molecular flexibility index (Phi) is 2.22. The van der Waals surface area contributed by atoms with E-state index in [4.69, 9.17) is 4.42 Å². The maximum atomic E-state index is 13.4. The van der Waals surface area contributed by atoms with Gasteiger partial charge < -0.3 is 4.42 Å². The number of nitrogens with zero attached hydrogens (tertiary/aromatic N) is 2. The molecule has 0 spiro atoms. The van der Waals surface area contributed by atoms with E-state index in [2.05, 4.69) is 15.2 Å². The molecule has 17 heavy (non-hydrogen) atoms. The van der Waals surface area contributed by atoms with Gasteiger partial charge in [-0.25, -0.2) is 4.98 Å². The molecule has 0 atom stereocenters. The van der Waals surface area contributed by atoms with Gasteiger partial charge in [0.05, 0.1) is 17.5 Å². The van der Waals surface area contributed by atoms with Gasteiger partial charge in [0, 0.05) is 6.20 Å². The predicted octanol–water partition coefficient (Wildman–Crippen LogP) is 2.87. The quantitative estimate of drug-likeness (QED) is 0.687. The molecule has 3 aromatic heterocycles. The van der Waals surface area contributed by atoms with Crippen molar-refractivity contribution in [3.05, 3.63) is 48.7 Å². The molecule has 3 aromatic rings. The number of hydrogen-bond donors (Lipinski definition) is 1. The van der Waals surface area contributed by atoms with Gasteiger partial charge in [-0.15, -0.1) is 0 Å². The van der Waals surface area contributed by atoms with Crippen LogP contribution in [0.4, 0.5) is 4.39 Å². The fourth-order valence-electron chi connectivity index (χ4n) is 1.59. The maximum Gasteiger partial charge on any atom is 0.222 e. The highest BCUT2D eigenvalue weighted by Crippen LogP contribution is 2.24. The van der Waals surface area contributed by atoms with Gasteiger partial charge in [-0.2, -0.15) is 9.49 Å². The van der Waals surface area contributed by atoms with Crippen molar-refractivity contribution in [2.45, 2.75) is 0 Å². The third kappa shape index (κ3) is 1.71. The van der Waals surface area contributed by atoms with Crippen molar-refractivity contribution in [2.24, 2.45) is 0 Å². The van der Waals surface area contributed by atoms with Crippen molar-refractivity contribution < 1.29 is 8.81 Å². The Bertz CT molecular complexity index is 631. The number of halogens is 1. The first-order chi connectivity index (χ1) is 8.34. The van der Waals surface area contributed by atoms with Gasteiger partial charge in [0.25, 0.3) is 0 Å². The molecule has 84 valence electrons. The lowest BCUT2D eigenvalue weighted by Crippen LogP contribution is -1.87. The van der Waals surface area contributed by atoms with Crippen LogP contribution in [0.15, 0.2) is 47.2 Å². The highest BCUT2D eigenvalue weighted by Gasteiger charge is 2.11. The Morgan fingerprint density at radius 3 is 2.94 bits per heavy atom.